The largest absolute Gasteiger partial charge is 0.365 e. The van der Waals surface area contributed by atoms with Crippen LogP contribution in [0.1, 0.15) is 15.4 Å². The number of halogens is 2. The quantitative estimate of drug-likeness (QED) is 0.741. The van der Waals surface area contributed by atoms with Crippen LogP contribution < -0.4 is 11.1 Å². The molecule has 124 valence electrons. The Morgan fingerprint density at radius 2 is 2.08 bits per heavy atom. The number of nitrogens with one attached hydrogen (secondary N) is 1. The number of nitrogens with two attached hydrogens (primary N) is 1. The second-order valence-corrected chi connectivity index (χ2v) is 5.95. The third kappa shape index (κ3) is 3.11. The van der Waals surface area contributed by atoms with Crippen molar-refractivity contribution in [2.45, 2.75) is 6.54 Å². The first kappa shape index (κ1) is 16.1. The van der Waals surface area contributed by atoms with Gasteiger partial charge in [-0.3, -0.25) is 9.48 Å². The molecule has 0 bridgehead atoms. The number of rotatable bonds is 5. The highest BCUT2D eigenvalue weighted by molar-refractivity contribution is 7.10. The SMILES string of the molecule is Cn1cc(C(N)=O)c(NCc2nc(-c3c(F)cccc3F)cs2)n1. The van der Waals surface area contributed by atoms with E-state index in [1.54, 1.807) is 12.4 Å². The van der Waals surface area contributed by atoms with Gasteiger partial charge in [0, 0.05) is 18.6 Å². The predicted molar refractivity (Wildman–Crippen MR) is 86.5 cm³/mol. The number of hydrogen-bond acceptors (Lipinski definition) is 5. The Bertz CT molecular complexity index is 885. The monoisotopic (exact) mass is 349 g/mol. The smallest absolute Gasteiger partial charge is 0.254 e. The Kier molecular flexibility index (Phi) is 4.26. The van der Waals surface area contributed by atoms with Gasteiger partial charge in [-0.25, -0.2) is 13.8 Å². The van der Waals surface area contributed by atoms with Gasteiger partial charge < -0.3 is 11.1 Å². The molecule has 0 aliphatic carbocycles. The van der Waals surface area contributed by atoms with Crippen LogP contribution in [-0.2, 0) is 13.6 Å². The highest BCUT2D eigenvalue weighted by Crippen LogP contribution is 2.27. The highest BCUT2D eigenvalue weighted by Gasteiger charge is 2.16. The maximum Gasteiger partial charge on any atom is 0.254 e. The number of carbonyl (C=O) groups excluding carboxylic acids is 1. The lowest BCUT2D eigenvalue weighted by Gasteiger charge is -2.02. The zero-order valence-electron chi connectivity index (χ0n) is 12.6. The first-order valence-corrected chi connectivity index (χ1v) is 7.79. The molecule has 0 radical (unpaired) electrons. The summed E-state index contributed by atoms with van der Waals surface area (Å²) in [5.41, 5.74) is 5.61. The number of benzene rings is 1. The molecule has 0 saturated heterocycles. The lowest BCUT2D eigenvalue weighted by molar-refractivity contribution is 0.100. The molecule has 9 heteroatoms. The summed E-state index contributed by atoms with van der Waals surface area (Å²) < 4.78 is 29.0. The first-order valence-electron chi connectivity index (χ1n) is 6.92. The van der Waals surface area contributed by atoms with E-state index in [2.05, 4.69) is 15.4 Å². The van der Waals surface area contributed by atoms with Crippen LogP contribution in [0.3, 0.4) is 0 Å². The summed E-state index contributed by atoms with van der Waals surface area (Å²) in [6.07, 6.45) is 1.51. The van der Waals surface area contributed by atoms with E-state index in [1.807, 2.05) is 0 Å². The Balaban J connectivity index is 1.79. The summed E-state index contributed by atoms with van der Waals surface area (Å²) in [5.74, 6) is -1.60. The molecule has 0 saturated carbocycles. The van der Waals surface area contributed by atoms with E-state index in [0.29, 0.717) is 10.8 Å². The predicted octanol–water partition coefficient (Wildman–Crippen LogP) is 2.53. The molecule has 0 unspecified atom stereocenters. The molecule has 2 heterocycles. The van der Waals surface area contributed by atoms with Crippen molar-refractivity contribution >= 4 is 23.1 Å². The number of hydrogen-bond donors (Lipinski definition) is 2. The van der Waals surface area contributed by atoms with Gasteiger partial charge >= 0.3 is 0 Å². The summed E-state index contributed by atoms with van der Waals surface area (Å²) >= 11 is 1.24. The van der Waals surface area contributed by atoms with E-state index in [4.69, 9.17) is 5.73 Å². The summed E-state index contributed by atoms with van der Waals surface area (Å²) in [6, 6.07) is 3.67. The van der Waals surface area contributed by atoms with Crippen molar-refractivity contribution in [1.82, 2.24) is 14.8 Å². The van der Waals surface area contributed by atoms with Crippen LogP contribution in [0.5, 0.6) is 0 Å². The van der Waals surface area contributed by atoms with E-state index in [1.165, 1.54) is 40.4 Å². The third-order valence-electron chi connectivity index (χ3n) is 3.27. The number of primary amides is 1. The van der Waals surface area contributed by atoms with E-state index in [-0.39, 0.29) is 23.4 Å². The fourth-order valence-corrected chi connectivity index (χ4v) is 2.93. The number of thiazole rings is 1. The minimum Gasteiger partial charge on any atom is -0.365 e. The van der Waals surface area contributed by atoms with Crippen LogP contribution in [0.2, 0.25) is 0 Å². The van der Waals surface area contributed by atoms with Gasteiger partial charge in [0.2, 0.25) is 0 Å². The topological polar surface area (TPSA) is 85.8 Å². The van der Waals surface area contributed by atoms with Gasteiger partial charge in [-0.05, 0) is 12.1 Å². The van der Waals surface area contributed by atoms with Crippen molar-refractivity contribution in [2.75, 3.05) is 5.32 Å². The molecular weight excluding hydrogens is 336 g/mol. The van der Waals surface area contributed by atoms with Crippen LogP contribution in [0, 0.1) is 11.6 Å². The van der Waals surface area contributed by atoms with E-state index in [9.17, 15) is 13.6 Å². The van der Waals surface area contributed by atoms with Gasteiger partial charge in [-0.2, -0.15) is 5.10 Å². The molecule has 0 fully saturated rings. The van der Waals surface area contributed by atoms with Crippen molar-refractivity contribution in [2.24, 2.45) is 12.8 Å². The average Bonchev–Trinajstić information content (AvgIpc) is 3.11. The molecule has 24 heavy (non-hydrogen) atoms. The maximum absolute atomic E-state index is 13.8. The van der Waals surface area contributed by atoms with E-state index < -0.39 is 17.5 Å². The average molecular weight is 349 g/mol. The Hall–Kier alpha value is -2.81. The molecular formula is C15H13F2N5OS. The van der Waals surface area contributed by atoms with Gasteiger partial charge in [0.1, 0.15) is 22.2 Å². The van der Waals surface area contributed by atoms with Gasteiger partial charge in [-0.15, -0.1) is 11.3 Å². The van der Waals surface area contributed by atoms with Crippen molar-refractivity contribution in [1.29, 1.82) is 0 Å². The van der Waals surface area contributed by atoms with Gasteiger partial charge in [0.25, 0.3) is 5.91 Å². The number of carbonyl (C=O) groups is 1. The van der Waals surface area contributed by atoms with E-state index in [0.717, 1.165) is 0 Å². The minimum absolute atomic E-state index is 0.157. The fraction of sp³-hybridized carbons (Fsp3) is 0.133. The number of aryl methyl sites for hydroxylation is 1. The minimum atomic E-state index is -0.666. The Morgan fingerprint density at radius 1 is 1.38 bits per heavy atom. The third-order valence-corrected chi connectivity index (χ3v) is 4.12. The molecule has 2 aromatic heterocycles. The second-order valence-electron chi connectivity index (χ2n) is 5.01. The summed E-state index contributed by atoms with van der Waals surface area (Å²) in [7, 11) is 1.67. The van der Waals surface area contributed by atoms with E-state index >= 15 is 0 Å². The van der Waals surface area contributed by atoms with Gasteiger partial charge in [-0.1, -0.05) is 6.07 Å². The lowest BCUT2D eigenvalue weighted by Crippen LogP contribution is -2.13. The summed E-state index contributed by atoms with van der Waals surface area (Å²) in [4.78, 5) is 15.6. The summed E-state index contributed by atoms with van der Waals surface area (Å²) in [5, 5.41) is 9.22. The number of anilines is 1. The van der Waals surface area contributed by atoms with Gasteiger partial charge in [0.15, 0.2) is 5.82 Å². The zero-order valence-corrected chi connectivity index (χ0v) is 13.4. The van der Waals surface area contributed by atoms with Crippen molar-refractivity contribution in [3.63, 3.8) is 0 Å². The maximum atomic E-state index is 13.8. The molecule has 3 rings (SSSR count). The zero-order chi connectivity index (χ0) is 17.3. The van der Waals surface area contributed by atoms with Crippen LogP contribution in [0.4, 0.5) is 14.6 Å². The Labute approximate surface area is 139 Å². The lowest BCUT2D eigenvalue weighted by atomic mass is 10.1. The van der Waals surface area contributed by atoms with Crippen LogP contribution in [0.15, 0.2) is 29.8 Å². The first-order chi connectivity index (χ1) is 11.5. The highest BCUT2D eigenvalue weighted by atomic mass is 32.1. The van der Waals surface area contributed by atoms with Crippen LogP contribution in [0.25, 0.3) is 11.3 Å². The molecule has 0 spiro atoms. The van der Waals surface area contributed by atoms with Gasteiger partial charge in [0.05, 0.1) is 17.8 Å². The van der Waals surface area contributed by atoms with Crippen LogP contribution in [-0.4, -0.2) is 20.7 Å². The normalized spacial score (nSPS) is 10.8. The Morgan fingerprint density at radius 3 is 2.75 bits per heavy atom. The fourth-order valence-electron chi connectivity index (χ4n) is 2.21. The molecule has 3 aromatic rings. The molecule has 1 aromatic carbocycles. The molecule has 0 aliphatic rings. The molecule has 6 nitrogen and oxygen atoms in total. The molecule has 1 amide bonds. The number of amides is 1. The molecule has 3 N–H and O–H groups in total. The number of aromatic nitrogens is 3. The number of nitrogens with zero attached hydrogens (tertiary/aromatic N) is 3. The van der Waals surface area contributed by atoms with Crippen LogP contribution >= 0.6 is 11.3 Å². The molecule has 0 aliphatic heterocycles. The summed E-state index contributed by atoms with van der Waals surface area (Å²) in [6.45, 7) is 0.248. The van der Waals surface area contributed by atoms with Crippen molar-refractivity contribution < 1.29 is 13.6 Å². The molecule has 0 atom stereocenters. The standard InChI is InChI=1S/C15H13F2N5OS/c1-22-6-8(14(18)23)15(21-22)19-5-12-20-11(7-24-12)13-9(16)3-2-4-10(13)17/h2-4,6-7H,5H2,1H3,(H2,18,23)(H,19,21). The van der Waals surface area contributed by atoms with Crippen molar-refractivity contribution in [3.8, 4) is 11.3 Å². The van der Waals surface area contributed by atoms with Crippen molar-refractivity contribution in [3.05, 3.63) is 52.0 Å². The second kappa shape index (κ2) is 6.36.